The third-order valence-corrected chi connectivity index (χ3v) is 4.63. The number of aromatic nitrogens is 1. The lowest BCUT2D eigenvalue weighted by molar-refractivity contribution is 0.353. The van der Waals surface area contributed by atoms with Crippen LogP contribution < -0.4 is 10.6 Å². The predicted molar refractivity (Wildman–Crippen MR) is 75.3 cm³/mol. The molecular weight excluding hydrogens is 278 g/mol. The van der Waals surface area contributed by atoms with Crippen molar-refractivity contribution in [2.75, 3.05) is 18.0 Å². The normalized spacial score (nSPS) is 19.4. The summed E-state index contributed by atoms with van der Waals surface area (Å²) in [7, 11) is 0. The molecule has 0 aliphatic carbocycles. The zero-order chi connectivity index (χ0) is 12.4. The van der Waals surface area contributed by atoms with Gasteiger partial charge < -0.3 is 10.6 Å². The molecule has 1 aliphatic rings. The minimum atomic E-state index is 0.311. The summed E-state index contributed by atoms with van der Waals surface area (Å²) in [5.74, 6) is 1.74. The molecule has 4 heteroatoms. The van der Waals surface area contributed by atoms with Crippen LogP contribution in [0.5, 0.6) is 0 Å². The number of piperidine rings is 1. The summed E-state index contributed by atoms with van der Waals surface area (Å²) in [6, 6.07) is 2.34. The molecule has 1 aromatic heterocycles. The van der Waals surface area contributed by atoms with E-state index in [0.29, 0.717) is 12.0 Å². The number of pyridine rings is 1. The van der Waals surface area contributed by atoms with Gasteiger partial charge in [0.1, 0.15) is 5.82 Å². The number of nitrogens with two attached hydrogens (primary N) is 1. The Hall–Kier alpha value is -0.610. The summed E-state index contributed by atoms with van der Waals surface area (Å²) in [5.41, 5.74) is 7.20. The average Bonchev–Trinajstić information content (AvgIpc) is 2.33. The second-order valence-corrected chi connectivity index (χ2v) is 5.74. The molecule has 1 fully saturated rings. The van der Waals surface area contributed by atoms with Gasteiger partial charge in [-0.1, -0.05) is 0 Å². The molecule has 1 atom stereocenters. The van der Waals surface area contributed by atoms with E-state index in [1.54, 1.807) is 0 Å². The topological polar surface area (TPSA) is 42.2 Å². The smallest absolute Gasteiger partial charge is 0.143 e. The van der Waals surface area contributed by atoms with Gasteiger partial charge in [-0.05, 0) is 60.2 Å². The van der Waals surface area contributed by atoms with Gasteiger partial charge >= 0.3 is 0 Å². The van der Waals surface area contributed by atoms with Crippen LogP contribution in [0.2, 0.25) is 0 Å². The van der Waals surface area contributed by atoms with Crippen molar-refractivity contribution in [2.24, 2.45) is 11.7 Å². The monoisotopic (exact) mass is 297 g/mol. The second-order valence-electron chi connectivity index (χ2n) is 4.95. The van der Waals surface area contributed by atoms with E-state index in [9.17, 15) is 0 Å². The molecule has 1 aliphatic heterocycles. The van der Waals surface area contributed by atoms with Gasteiger partial charge in [0, 0.05) is 25.3 Å². The van der Waals surface area contributed by atoms with E-state index in [2.05, 4.69) is 39.7 Å². The van der Waals surface area contributed by atoms with Gasteiger partial charge in [0.05, 0.1) is 4.47 Å². The van der Waals surface area contributed by atoms with E-state index in [4.69, 9.17) is 5.73 Å². The Labute approximate surface area is 112 Å². The fraction of sp³-hybridized carbons (Fsp3) is 0.615. The van der Waals surface area contributed by atoms with Crippen molar-refractivity contribution in [1.82, 2.24) is 4.98 Å². The fourth-order valence-corrected chi connectivity index (χ4v) is 2.87. The highest BCUT2D eigenvalue weighted by atomic mass is 79.9. The minimum absolute atomic E-state index is 0.311. The Morgan fingerprint density at radius 2 is 2.12 bits per heavy atom. The first-order valence-corrected chi connectivity index (χ1v) is 7.00. The zero-order valence-electron chi connectivity index (χ0n) is 10.5. The molecule has 1 aromatic rings. The van der Waals surface area contributed by atoms with Gasteiger partial charge in [0.15, 0.2) is 0 Å². The third kappa shape index (κ3) is 2.80. The number of hydrogen-bond donors (Lipinski definition) is 1. The molecule has 94 valence electrons. The fourth-order valence-electron chi connectivity index (χ4n) is 2.38. The molecular formula is C13H20BrN3. The Morgan fingerprint density at radius 3 is 2.71 bits per heavy atom. The van der Waals surface area contributed by atoms with Crippen molar-refractivity contribution in [2.45, 2.75) is 32.7 Å². The summed E-state index contributed by atoms with van der Waals surface area (Å²) in [4.78, 5) is 6.84. The van der Waals surface area contributed by atoms with Crippen LogP contribution in [0.3, 0.4) is 0 Å². The molecule has 2 rings (SSSR count). The van der Waals surface area contributed by atoms with Crippen LogP contribution in [0.15, 0.2) is 16.7 Å². The highest BCUT2D eigenvalue weighted by molar-refractivity contribution is 9.10. The van der Waals surface area contributed by atoms with Crippen LogP contribution in [0.25, 0.3) is 0 Å². The highest BCUT2D eigenvalue weighted by Crippen LogP contribution is 2.30. The summed E-state index contributed by atoms with van der Waals surface area (Å²) in [6.07, 6.45) is 4.21. The Bertz CT molecular complexity index is 384. The summed E-state index contributed by atoms with van der Waals surface area (Å²) < 4.78 is 1.12. The molecule has 0 aromatic carbocycles. The van der Waals surface area contributed by atoms with Crippen molar-refractivity contribution >= 4 is 21.7 Å². The predicted octanol–water partition coefficient (Wildman–Crippen LogP) is 2.72. The van der Waals surface area contributed by atoms with Crippen LogP contribution in [0.4, 0.5) is 5.82 Å². The van der Waals surface area contributed by atoms with E-state index in [1.807, 2.05) is 12.3 Å². The molecule has 2 N–H and O–H groups in total. The molecule has 1 unspecified atom stereocenters. The summed E-state index contributed by atoms with van der Waals surface area (Å²) in [5, 5.41) is 0. The lowest BCUT2D eigenvalue weighted by Crippen LogP contribution is -2.40. The van der Waals surface area contributed by atoms with Crippen LogP contribution in [-0.4, -0.2) is 24.1 Å². The van der Waals surface area contributed by atoms with Crippen LogP contribution in [-0.2, 0) is 0 Å². The molecule has 1 saturated heterocycles. The molecule has 3 nitrogen and oxygen atoms in total. The number of nitrogens with zero attached hydrogens (tertiary/aromatic N) is 2. The minimum Gasteiger partial charge on any atom is -0.356 e. The molecule has 17 heavy (non-hydrogen) atoms. The second kappa shape index (κ2) is 5.36. The molecule has 2 heterocycles. The van der Waals surface area contributed by atoms with Crippen molar-refractivity contribution in [3.05, 3.63) is 22.3 Å². The zero-order valence-corrected chi connectivity index (χ0v) is 12.1. The largest absolute Gasteiger partial charge is 0.356 e. The lowest BCUT2D eigenvalue weighted by atomic mass is 9.91. The van der Waals surface area contributed by atoms with Gasteiger partial charge in [-0.25, -0.2) is 4.98 Å². The molecule has 0 radical (unpaired) electrons. The first-order chi connectivity index (χ1) is 8.09. The Balaban J connectivity index is 2.08. The maximum Gasteiger partial charge on any atom is 0.143 e. The van der Waals surface area contributed by atoms with Gasteiger partial charge in [0.25, 0.3) is 0 Å². The lowest BCUT2D eigenvalue weighted by Gasteiger charge is -2.35. The number of anilines is 1. The van der Waals surface area contributed by atoms with Crippen molar-refractivity contribution in [3.63, 3.8) is 0 Å². The SMILES string of the molecule is Cc1ccnc(N2CCC(C(C)N)CC2)c1Br. The van der Waals surface area contributed by atoms with E-state index in [-0.39, 0.29) is 0 Å². The van der Waals surface area contributed by atoms with Gasteiger partial charge in [-0.2, -0.15) is 0 Å². The number of halogens is 1. The average molecular weight is 298 g/mol. The van der Waals surface area contributed by atoms with E-state index in [1.165, 1.54) is 18.4 Å². The van der Waals surface area contributed by atoms with Gasteiger partial charge in [-0.15, -0.1) is 0 Å². The quantitative estimate of drug-likeness (QED) is 0.913. The van der Waals surface area contributed by atoms with Crippen molar-refractivity contribution < 1.29 is 0 Å². The van der Waals surface area contributed by atoms with Crippen LogP contribution in [0, 0.1) is 12.8 Å². The Morgan fingerprint density at radius 1 is 1.47 bits per heavy atom. The maximum atomic E-state index is 5.96. The number of rotatable bonds is 2. The van der Waals surface area contributed by atoms with Gasteiger partial charge in [0.2, 0.25) is 0 Å². The van der Waals surface area contributed by atoms with Crippen LogP contribution >= 0.6 is 15.9 Å². The van der Waals surface area contributed by atoms with Crippen molar-refractivity contribution in [1.29, 1.82) is 0 Å². The standard InChI is InChI=1S/C13H20BrN3/c1-9-3-6-16-13(12(9)14)17-7-4-11(5-8-17)10(2)15/h3,6,10-11H,4-5,7-8,15H2,1-2H3. The molecule has 0 amide bonds. The number of hydrogen-bond acceptors (Lipinski definition) is 3. The summed E-state index contributed by atoms with van der Waals surface area (Å²) >= 11 is 3.63. The first-order valence-electron chi connectivity index (χ1n) is 6.21. The third-order valence-electron chi connectivity index (χ3n) is 3.65. The molecule has 0 bridgehead atoms. The van der Waals surface area contributed by atoms with Gasteiger partial charge in [-0.3, -0.25) is 0 Å². The Kier molecular flexibility index (Phi) is 4.05. The molecule has 0 spiro atoms. The number of aryl methyl sites for hydroxylation is 1. The van der Waals surface area contributed by atoms with Crippen molar-refractivity contribution in [3.8, 4) is 0 Å². The van der Waals surface area contributed by atoms with E-state index in [0.717, 1.165) is 23.4 Å². The first kappa shape index (κ1) is 12.8. The highest BCUT2D eigenvalue weighted by Gasteiger charge is 2.23. The van der Waals surface area contributed by atoms with E-state index < -0.39 is 0 Å². The van der Waals surface area contributed by atoms with E-state index >= 15 is 0 Å². The van der Waals surface area contributed by atoms with Crippen LogP contribution in [0.1, 0.15) is 25.3 Å². The molecule has 0 saturated carbocycles. The summed E-state index contributed by atoms with van der Waals surface area (Å²) in [6.45, 7) is 6.33. The maximum absolute atomic E-state index is 5.96.